The summed E-state index contributed by atoms with van der Waals surface area (Å²) >= 11 is 2.85. The number of nitrogens with zero attached hydrogens (tertiary/aromatic N) is 3. The number of thiophene rings is 1. The molecular formula is C20H23N5O3S2. The van der Waals surface area contributed by atoms with Gasteiger partial charge < -0.3 is 15.2 Å². The van der Waals surface area contributed by atoms with Crippen LogP contribution in [0.2, 0.25) is 0 Å². The van der Waals surface area contributed by atoms with Gasteiger partial charge in [0, 0.05) is 16.2 Å². The molecule has 0 aliphatic heterocycles. The highest BCUT2D eigenvalue weighted by Gasteiger charge is 2.31. The zero-order valence-electron chi connectivity index (χ0n) is 16.8. The molecule has 10 heteroatoms. The van der Waals surface area contributed by atoms with Gasteiger partial charge in [-0.1, -0.05) is 25.1 Å². The van der Waals surface area contributed by atoms with Crippen molar-refractivity contribution in [3.05, 3.63) is 45.2 Å². The van der Waals surface area contributed by atoms with Crippen LogP contribution in [0.4, 0.5) is 5.13 Å². The Morgan fingerprint density at radius 2 is 2.03 bits per heavy atom. The predicted molar refractivity (Wildman–Crippen MR) is 114 cm³/mol. The van der Waals surface area contributed by atoms with Crippen molar-refractivity contribution in [2.24, 2.45) is 5.92 Å². The van der Waals surface area contributed by atoms with Crippen LogP contribution < -0.4 is 10.6 Å². The van der Waals surface area contributed by atoms with E-state index < -0.39 is 0 Å². The number of aromatic nitrogens is 3. The molecule has 0 spiro atoms. The molecule has 158 valence electrons. The molecular weight excluding hydrogens is 422 g/mol. The van der Waals surface area contributed by atoms with E-state index in [2.05, 4.69) is 25.8 Å². The fourth-order valence-electron chi connectivity index (χ4n) is 2.96. The quantitative estimate of drug-likeness (QED) is 0.520. The maximum Gasteiger partial charge on any atom is 0.249 e. The summed E-state index contributed by atoms with van der Waals surface area (Å²) < 4.78 is 5.40. The van der Waals surface area contributed by atoms with Crippen LogP contribution in [-0.4, -0.2) is 26.9 Å². The van der Waals surface area contributed by atoms with Crippen LogP contribution in [0.5, 0.6) is 0 Å². The third-order valence-electron chi connectivity index (χ3n) is 4.70. The highest BCUT2D eigenvalue weighted by molar-refractivity contribution is 7.14. The lowest BCUT2D eigenvalue weighted by molar-refractivity contribution is -0.121. The molecule has 1 saturated carbocycles. The molecule has 1 aliphatic rings. The van der Waals surface area contributed by atoms with Crippen molar-refractivity contribution >= 4 is 39.6 Å². The van der Waals surface area contributed by atoms with Gasteiger partial charge in [0.25, 0.3) is 0 Å². The van der Waals surface area contributed by atoms with Crippen molar-refractivity contribution in [2.45, 2.75) is 51.5 Å². The van der Waals surface area contributed by atoms with E-state index in [9.17, 15) is 9.59 Å². The number of amides is 2. The van der Waals surface area contributed by atoms with E-state index >= 15 is 0 Å². The first-order valence-corrected chi connectivity index (χ1v) is 11.6. The van der Waals surface area contributed by atoms with Gasteiger partial charge in [-0.2, -0.15) is 4.98 Å². The van der Waals surface area contributed by atoms with Gasteiger partial charge in [0.05, 0.1) is 18.5 Å². The first-order valence-electron chi connectivity index (χ1n) is 9.87. The molecule has 2 N–H and O–H groups in total. The third-order valence-corrected chi connectivity index (χ3v) is 6.39. The number of anilines is 1. The van der Waals surface area contributed by atoms with Crippen molar-refractivity contribution < 1.29 is 14.1 Å². The molecule has 3 aromatic heterocycles. The largest absolute Gasteiger partial charge is 0.344 e. The Morgan fingerprint density at radius 3 is 2.73 bits per heavy atom. The summed E-state index contributed by atoms with van der Waals surface area (Å²) in [4.78, 5) is 34.5. The van der Waals surface area contributed by atoms with E-state index in [0.717, 1.165) is 23.5 Å². The van der Waals surface area contributed by atoms with Crippen molar-refractivity contribution in [3.63, 3.8) is 0 Å². The molecule has 1 atom stereocenters. The minimum absolute atomic E-state index is 0.101. The normalized spacial score (nSPS) is 14.6. The van der Waals surface area contributed by atoms with Crippen molar-refractivity contribution in [1.29, 1.82) is 0 Å². The molecule has 0 aromatic carbocycles. The number of hydrogen-bond donors (Lipinski definition) is 2. The molecule has 0 radical (unpaired) electrons. The zero-order valence-corrected chi connectivity index (χ0v) is 18.4. The molecule has 1 unspecified atom stereocenters. The second kappa shape index (κ2) is 9.05. The number of hydrogen-bond acceptors (Lipinski definition) is 8. The second-order valence-electron chi connectivity index (χ2n) is 7.68. The van der Waals surface area contributed by atoms with Gasteiger partial charge in [0.1, 0.15) is 6.04 Å². The number of carbonyl (C=O) groups is 2. The minimum Gasteiger partial charge on any atom is -0.344 e. The van der Waals surface area contributed by atoms with Crippen LogP contribution in [0.15, 0.2) is 27.4 Å². The number of carbonyl (C=O) groups excluding carboxylic acids is 2. The van der Waals surface area contributed by atoms with Gasteiger partial charge in [-0.15, -0.1) is 22.7 Å². The first-order chi connectivity index (χ1) is 14.5. The lowest BCUT2D eigenvalue weighted by Crippen LogP contribution is -2.33. The standard InChI is InChI=1S/C20H23N5O3S2/c1-11(2)17(19-24-18(25-28-19)12-5-6-12)22-15(26)8-13-10-30-20(21-13)23-16(27)9-14-4-3-7-29-14/h3-4,7,10-12,17H,5-6,8-9H2,1-2H3,(H,22,26)(H,21,23,27). The lowest BCUT2D eigenvalue weighted by atomic mass is 10.0. The summed E-state index contributed by atoms with van der Waals surface area (Å²) in [6, 6.07) is 3.49. The van der Waals surface area contributed by atoms with E-state index in [1.54, 1.807) is 5.38 Å². The van der Waals surface area contributed by atoms with E-state index in [0.29, 0.717) is 29.1 Å². The molecule has 8 nitrogen and oxygen atoms in total. The van der Waals surface area contributed by atoms with E-state index in [1.807, 2.05) is 31.4 Å². The van der Waals surface area contributed by atoms with Crippen LogP contribution in [0.3, 0.4) is 0 Å². The van der Waals surface area contributed by atoms with Crippen molar-refractivity contribution in [1.82, 2.24) is 20.4 Å². The Hall–Kier alpha value is -2.59. The Bertz CT molecular complexity index is 1010. The van der Waals surface area contributed by atoms with Gasteiger partial charge in [-0.25, -0.2) is 4.98 Å². The molecule has 3 aromatic rings. The molecule has 0 saturated heterocycles. The van der Waals surface area contributed by atoms with Crippen LogP contribution in [0.1, 0.15) is 60.9 Å². The lowest BCUT2D eigenvalue weighted by Gasteiger charge is -2.18. The summed E-state index contributed by atoms with van der Waals surface area (Å²) in [5.41, 5.74) is 0.607. The number of nitrogens with one attached hydrogen (secondary N) is 2. The van der Waals surface area contributed by atoms with Crippen LogP contribution >= 0.6 is 22.7 Å². The molecule has 0 bridgehead atoms. The van der Waals surface area contributed by atoms with Gasteiger partial charge in [0.15, 0.2) is 11.0 Å². The third kappa shape index (κ3) is 5.31. The van der Waals surface area contributed by atoms with Crippen molar-refractivity contribution in [2.75, 3.05) is 5.32 Å². The summed E-state index contributed by atoms with van der Waals surface area (Å²) in [5.74, 6) is 1.37. The Kier molecular flexibility index (Phi) is 6.24. The predicted octanol–water partition coefficient (Wildman–Crippen LogP) is 3.70. The molecule has 1 fully saturated rings. The van der Waals surface area contributed by atoms with E-state index in [1.165, 1.54) is 22.7 Å². The van der Waals surface area contributed by atoms with Gasteiger partial charge in [0.2, 0.25) is 17.7 Å². The minimum atomic E-state index is -0.346. The van der Waals surface area contributed by atoms with E-state index in [-0.39, 0.29) is 30.2 Å². The first kappa shape index (κ1) is 20.7. The number of rotatable bonds is 9. The second-order valence-corrected chi connectivity index (χ2v) is 9.57. The van der Waals surface area contributed by atoms with Crippen LogP contribution in [-0.2, 0) is 22.4 Å². The van der Waals surface area contributed by atoms with Gasteiger partial charge >= 0.3 is 0 Å². The fourth-order valence-corrected chi connectivity index (χ4v) is 4.39. The van der Waals surface area contributed by atoms with Crippen LogP contribution in [0.25, 0.3) is 0 Å². The zero-order chi connectivity index (χ0) is 21.1. The summed E-state index contributed by atoms with van der Waals surface area (Å²) in [5, 5.41) is 14.0. The summed E-state index contributed by atoms with van der Waals surface area (Å²) in [7, 11) is 0. The summed E-state index contributed by atoms with van der Waals surface area (Å²) in [6.07, 6.45) is 2.61. The highest BCUT2D eigenvalue weighted by Crippen LogP contribution is 2.38. The molecule has 2 amide bonds. The SMILES string of the molecule is CC(C)C(NC(=O)Cc1csc(NC(=O)Cc2cccs2)n1)c1nc(C2CC2)no1. The monoisotopic (exact) mass is 445 g/mol. The average molecular weight is 446 g/mol. The van der Waals surface area contributed by atoms with Crippen LogP contribution in [0, 0.1) is 5.92 Å². The average Bonchev–Trinajstić information content (AvgIpc) is 3.08. The van der Waals surface area contributed by atoms with E-state index in [4.69, 9.17) is 4.52 Å². The molecule has 4 rings (SSSR count). The number of thiazole rings is 1. The Labute approximate surface area is 182 Å². The molecule has 3 heterocycles. The molecule has 1 aliphatic carbocycles. The van der Waals surface area contributed by atoms with Gasteiger partial charge in [-0.05, 0) is 30.2 Å². The maximum atomic E-state index is 12.6. The highest BCUT2D eigenvalue weighted by atomic mass is 32.1. The van der Waals surface area contributed by atoms with Crippen molar-refractivity contribution in [3.8, 4) is 0 Å². The van der Waals surface area contributed by atoms with Gasteiger partial charge in [-0.3, -0.25) is 9.59 Å². The topological polar surface area (TPSA) is 110 Å². The summed E-state index contributed by atoms with van der Waals surface area (Å²) in [6.45, 7) is 3.99. The molecule has 30 heavy (non-hydrogen) atoms. The Morgan fingerprint density at radius 1 is 1.20 bits per heavy atom. The smallest absolute Gasteiger partial charge is 0.249 e. The maximum absolute atomic E-state index is 12.6. The fraction of sp³-hybridized carbons (Fsp3) is 0.450. The Balaban J connectivity index is 1.32.